The SMILES string of the molecule is CC1CCN(C(=O)c2ccc(F)cc2Cl)c2ccccc2S1. The maximum atomic E-state index is 13.2. The van der Waals surface area contributed by atoms with E-state index < -0.39 is 5.82 Å². The maximum Gasteiger partial charge on any atom is 0.259 e. The first-order chi connectivity index (χ1) is 10.6. The lowest BCUT2D eigenvalue weighted by Gasteiger charge is -2.23. The predicted molar refractivity (Wildman–Crippen MR) is 89.5 cm³/mol. The molecule has 0 bridgehead atoms. The van der Waals surface area contributed by atoms with E-state index in [0.717, 1.165) is 17.0 Å². The Morgan fingerprint density at radius 3 is 2.86 bits per heavy atom. The van der Waals surface area contributed by atoms with Crippen molar-refractivity contribution in [2.45, 2.75) is 23.5 Å². The van der Waals surface area contributed by atoms with Gasteiger partial charge in [-0.05, 0) is 36.8 Å². The van der Waals surface area contributed by atoms with Gasteiger partial charge in [0, 0.05) is 16.7 Å². The summed E-state index contributed by atoms with van der Waals surface area (Å²) in [6, 6.07) is 11.7. The molecule has 0 aliphatic carbocycles. The third kappa shape index (κ3) is 2.99. The number of nitrogens with zero attached hydrogens (tertiary/aromatic N) is 1. The fraction of sp³-hybridized carbons (Fsp3) is 0.235. The molecule has 0 spiro atoms. The summed E-state index contributed by atoms with van der Waals surface area (Å²) in [6.07, 6.45) is 0.893. The van der Waals surface area contributed by atoms with Crippen LogP contribution in [0.5, 0.6) is 0 Å². The van der Waals surface area contributed by atoms with Crippen LogP contribution < -0.4 is 4.90 Å². The molecule has 0 aromatic heterocycles. The van der Waals surface area contributed by atoms with Gasteiger partial charge < -0.3 is 4.90 Å². The lowest BCUT2D eigenvalue weighted by atomic mass is 10.1. The first kappa shape index (κ1) is 15.4. The number of rotatable bonds is 1. The van der Waals surface area contributed by atoms with Crippen molar-refractivity contribution in [1.29, 1.82) is 0 Å². The summed E-state index contributed by atoms with van der Waals surface area (Å²) >= 11 is 7.82. The van der Waals surface area contributed by atoms with E-state index in [-0.39, 0.29) is 10.9 Å². The molecule has 0 saturated heterocycles. The highest BCUT2D eigenvalue weighted by atomic mass is 35.5. The highest BCUT2D eigenvalue weighted by Gasteiger charge is 2.26. The molecule has 1 aliphatic rings. The minimum Gasteiger partial charge on any atom is -0.307 e. The maximum absolute atomic E-state index is 13.2. The summed E-state index contributed by atoms with van der Waals surface area (Å²) < 4.78 is 13.2. The number of carbonyl (C=O) groups is 1. The van der Waals surface area contributed by atoms with Gasteiger partial charge >= 0.3 is 0 Å². The number of halogens is 2. The van der Waals surface area contributed by atoms with E-state index in [4.69, 9.17) is 11.6 Å². The van der Waals surface area contributed by atoms with Gasteiger partial charge in [-0.25, -0.2) is 4.39 Å². The number of carbonyl (C=O) groups excluding carboxylic acids is 1. The Kier molecular flexibility index (Phi) is 4.41. The number of benzene rings is 2. The smallest absolute Gasteiger partial charge is 0.259 e. The van der Waals surface area contributed by atoms with Gasteiger partial charge in [0.25, 0.3) is 5.91 Å². The Morgan fingerprint density at radius 2 is 2.09 bits per heavy atom. The largest absolute Gasteiger partial charge is 0.307 e. The Hall–Kier alpha value is -1.52. The van der Waals surface area contributed by atoms with Crippen molar-refractivity contribution < 1.29 is 9.18 Å². The van der Waals surface area contributed by atoms with Crippen LogP contribution in [-0.2, 0) is 0 Å². The quantitative estimate of drug-likeness (QED) is 0.730. The summed E-state index contributed by atoms with van der Waals surface area (Å²) in [7, 11) is 0. The number of fused-ring (bicyclic) bond motifs is 1. The third-order valence-electron chi connectivity index (χ3n) is 3.65. The normalized spacial score (nSPS) is 17.8. The molecule has 1 unspecified atom stereocenters. The average molecular weight is 336 g/mol. The van der Waals surface area contributed by atoms with Gasteiger partial charge in [0.1, 0.15) is 5.82 Å². The van der Waals surface area contributed by atoms with Gasteiger partial charge in [0.2, 0.25) is 0 Å². The van der Waals surface area contributed by atoms with Crippen molar-refractivity contribution >= 4 is 35.0 Å². The molecule has 5 heteroatoms. The van der Waals surface area contributed by atoms with E-state index in [0.29, 0.717) is 17.4 Å². The Bertz CT molecular complexity index is 722. The van der Waals surface area contributed by atoms with Crippen LogP contribution in [0.2, 0.25) is 5.02 Å². The lowest BCUT2D eigenvalue weighted by molar-refractivity contribution is 0.0986. The minimum atomic E-state index is -0.443. The summed E-state index contributed by atoms with van der Waals surface area (Å²) in [5, 5.41) is 0.579. The van der Waals surface area contributed by atoms with E-state index in [1.807, 2.05) is 24.3 Å². The van der Waals surface area contributed by atoms with Gasteiger partial charge in [-0.3, -0.25) is 4.79 Å². The molecule has 2 nitrogen and oxygen atoms in total. The summed E-state index contributed by atoms with van der Waals surface area (Å²) in [4.78, 5) is 15.7. The Morgan fingerprint density at radius 1 is 1.32 bits per heavy atom. The molecule has 1 amide bonds. The Labute approximate surface area is 138 Å². The second-order valence-electron chi connectivity index (χ2n) is 5.27. The van der Waals surface area contributed by atoms with Crippen molar-refractivity contribution in [1.82, 2.24) is 0 Å². The van der Waals surface area contributed by atoms with Gasteiger partial charge in [0.05, 0.1) is 16.3 Å². The first-order valence-corrected chi connectivity index (χ1v) is 8.34. The van der Waals surface area contributed by atoms with Gasteiger partial charge in [-0.15, -0.1) is 11.8 Å². The van der Waals surface area contributed by atoms with E-state index in [2.05, 4.69) is 6.92 Å². The predicted octanol–water partition coefficient (Wildman–Crippen LogP) is 5.01. The fourth-order valence-electron chi connectivity index (χ4n) is 2.51. The molecule has 1 aliphatic heterocycles. The average Bonchev–Trinajstić information content (AvgIpc) is 2.65. The number of hydrogen-bond donors (Lipinski definition) is 0. The zero-order chi connectivity index (χ0) is 15.7. The van der Waals surface area contributed by atoms with E-state index in [9.17, 15) is 9.18 Å². The molecular weight excluding hydrogens is 321 g/mol. The molecule has 114 valence electrons. The fourth-order valence-corrected chi connectivity index (χ4v) is 3.87. The highest BCUT2D eigenvalue weighted by Crippen LogP contribution is 2.38. The van der Waals surface area contributed by atoms with E-state index >= 15 is 0 Å². The second kappa shape index (κ2) is 6.31. The number of thioether (sulfide) groups is 1. The molecule has 0 radical (unpaired) electrons. The zero-order valence-electron chi connectivity index (χ0n) is 12.1. The number of amides is 1. The van der Waals surface area contributed by atoms with Crippen molar-refractivity contribution in [2.75, 3.05) is 11.4 Å². The molecule has 22 heavy (non-hydrogen) atoms. The molecule has 3 rings (SSSR count). The van der Waals surface area contributed by atoms with E-state index in [1.54, 1.807) is 16.7 Å². The van der Waals surface area contributed by atoms with Crippen LogP contribution in [0.3, 0.4) is 0 Å². The molecule has 0 N–H and O–H groups in total. The van der Waals surface area contributed by atoms with Crippen molar-refractivity contribution in [3.63, 3.8) is 0 Å². The minimum absolute atomic E-state index is 0.146. The topological polar surface area (TPSA) is 20.3 Å². The van der Waals surface area contributed by atoms with Crippen LogP contribution in [0.15, 0.2) is 47.4 Å². The van der Waals surface area contributed by atoms with Crippen LogP contribution >= 0.6 is 23.4 Å². The molecule has 1 atom stereocenters. The monoisotopic (exact) mass is 335 g/mol. The number of hydrogen-bond acceptors (Lipinski definition) is 2. The Balaban J connectivity index is 2.02. The molecule has 0 fully saturated rings. The number of para-hydroxylation sites is 1. The molecule has 2 aromatic carbocycles. The molecule has 0 saturated carbocycles. The summed E-state index contributed by atoms with van der Waals surface area (Å²) in [5.41, 5.74) is 1.22. The highest BCUT2D eigenvalue weighted by molar-refractivity contribution is 8.00. The van der Waals surface area contributed by atoms with Gasteiger partial charge in [0.15, 0.2) is 0 Å². The zero-order valence-corrected chi connectivity index (χ0v) is 13.6. The second-order valence-corrected chi connectivity index (χ2v) is 7.15. The number of anilines is 1. The van der Waals surface area contributed by atoms with Crippen LogP contribution in [0.1, 0.15) is 23.7 Å². The van der Waals surface area contributed by atoms with Gasteiger partial charge in [-0.2, -0.15) is 0 Å². The van der Waals surface area contributed by atoms with Crippen LogP contribution in [0.4, 0.5) is 10.1 Å². The first-order valence-electron chi connectivity index (χ1n) is 7.09. The molecule has 2 aromatic rings. The standard InChI is InChI=1S/C17H15ClFNOS/c1-11-8-9-20(15-4-2-3-5-16(15)22-11)17(21)13-7-6-12(19)10-14(13)18/h2-7,10-11H,8-9H2,1H3. The van der Waals surface area contributed by atoms with Crippen LogP contribution in [0, 0.1) is 5.82 Å². The van der Waals surface area contributed by atoms with Crippen LogP contribution in [0.25, 0.3) is 0 Å². The summed E-state index contributed by atoms with van der Waals surface area (Å²) in [5.74, 6) is -0.630. The molecular formula is C17H15ClFNOS. The van der Waals surface area contributed by atoms with E-state index in [1.165, 1.54) is 18.2 Å². The molecule has 1 heterocycles. The third-order valence-corrected chi connectivity index (χ3v) is 5.20. The lowest BCUT2D eigenvalue weighted by Crippen LogP contribution is -2.32. The van der Waals surface area contributed by atoms with Crippen molar-refractivity contribution in [3.05, 3.63) is 58.9 Å². The van der Waals surface area contributed by atoms with Crippen molar-refractivity contribution in [2.24, 2.45) is 0 Å². The van der Waals surface area contributed by atoms with Crippen molar-refractivity contribution in [3.8, 4) is 0 Å². The van der Waals surface area contributed by atoms with Gasteiger partial charge in [-0.1, -0.05) is 30.7 Å². The van der Waals surface area contributed by atoms with Crippen LogP contribution in [-0.4, -0.2) is 17.7 Å². The summed E-state index contributed by atoms with van der Waals surface area (Å²) in [6.45, 7) is 2.78.